The van der Waals surface area contributed by atoms with Gasteiger partial charge in [-0.2, -0.15) is 0 Å². The number of aromatic nitrogens is 1. The molecule has 1 saturated heterocycles. The number of methoxy groups -OCH3 is 1. The zero-order valence-corrected chi connectivity index (χ0v) is 64.5. The Balaban J connectivity index is 0.965. The van der Waals surface area contributed by atoms with Gasteiger partial charge in [0.1, 0.15) is 12.8 Å². The Morgan fingerprint density at radius 3 is 1.11 bits per heavy atom. The fraction of sp³-hybridized carbons (Fsp3) is 0.819. The van der Waals surface area contributed by atoms with Crippen LogP contribution in [0.5, 0.6) is 0 Å². The summed E-state index contributed by atoms with van der Waals surface area (Å²) in [6, 6.07) is 5.72. The van der Waals surface area contributed by atoms with Crippen LogP contribution < -0.4 is 11.1 Å². The Morgan fingerprint density at radius 2 is 0.830 bits per heavy atom. The number of esters is 1. The number of nitrogens with zero attached hydrogens (tertiary/aromatic N) is 3. The first-order valence-corrected chi connectivity index (χ1v) is 37.8. The van der Waals surface area contributed by atoms with Gasteiger partial charge in [-0.05, 0) is 23.5 Å². The van der Waals surface area contributed by atoms with Crippen LogP contribution in [0.3, 0.4) is 0 Å². The van der Waals surface area contributed by atoms with E-state index in [0.717, 1.165) is 16.1 Å². The Labute approximate surface area is 631 Å². The van der Waals surface area contributed by atoms with Crippen molar-refractivity contribution in [1.29, 1.82) is 0 Å². The molecular formula is C72H127N5O28S. The van der Waals surface area contributed by atoms with Crippen LogP contribution in [-0.2, 0) is 128 Å². The van der Waals surface area contributed by atoms with Gasteiger partial charge in [-0.3, -0.25) is 19.2 Å². The molecule has 1 aliphatic rings. The van der Waals surface area contributed by atoms with Gasteiger partial charge in [-0.25, -0.2) is 4.98 Å². The molecule has 1 aliphatic heterocycles. The summed E-state index contributed by atoms with van der Waals surface area (Å²) in [5.41, 5.74) is 9.99. The molecule has 3 rings (SSSR count). The standard InChI is InChI=1S/C72H127N5O28S/c1-61-69(106-59-75-61)63-8-6-62(7-9-63)65(77(60-78)67-56-64(79)57-76(67)71(82)70(73)72(2,3)4)58-105-68(81)11-10-66(80)74-12-13-84-16-17-86-20-21-88-24-25-90-28-29-92-32-33-94-36-37-96-40-41-98-44-45-100-48-49-102-52-53-104-55-54-103-51-50-101-47-46-99-43-42-97-39-38-95-35-34-93-31-30-91-27-26-89-23-22-87-19-18-85-15-14-83-5/h6-9,59-60,64-65,67,70,79H,10-58,73H2,1-5H3,(H,74,80)/t64-,65+,67-,70-/m1/s1. The van der Waals surface area contributed by atoms with Crippen LogP contribution in [0.4, 0.5) is 0 Å². The van der Waals surface area contributed by atoms with Crippen molar-refractivity contribution in [2.24, 2.45) is 11.1 Å². The van der Waals surface area contributed by atoms with E-state index in [-0.39, 0.29) is 51.5 Å². The number of amides is 3. The predicted molar refractivity (Wildman–Crippen MR) is 389 cm³/mol. The minimum Gasteiger partial charge on any atom is -0.463 e. The minimum atomic E-state index is -0.899. The van der Waals surface area contributed by atoms with E-state index in [1.54, 1.807) is 12.6 Å². The Kier molecular flexibility index (Phi) is 61.2. The van der Waals surface area contributed by atoms with Crippen molar-refractivity contribution < 1.29 is 133 Å². The molecule has 33 nitrogen and oxygen atoms in total. The van der Waals surface area contributed by atoms with E-state index in [0.29, 0.717) is 289 Å². The number of aliphatic hydroxyl groups excluding tert-OH is 1. The number of likely N-dealkylation sites (tertiary alicyclic amines) is 1. The fourth-order valence-corrected chi connectivity index (χ4v) is 10.3. The molecule has 34 heteroatoms. The lowest BCUT2D eigenvalue weighted by Crippen LogP contribution is -2.56. The summed E-state index contributed by atoms with van der Waals surface area (Å²) in [5.74, 6) is -1.41. The van der Waals surface area contributed by atoms with Gasteiger partial charge in [0.15, 0.2) is 0 Å². The maximum atomic E-state index is 13.7. The van der Waals surface area contributed by atoms with Gasteiger partial charge in [-0.1, -0.05) is 45.0 Å². The molecule has 0 saturated carbocycles. The van der Waals surface area contributed by atoms with Crippen molar-refractivity contribution >= 4 is 35.5 Å². The van der Waals surface area contributed by atoms with E-state index >= 15 is 0 Å². The number of benzene rings is 1. The Morgan fingerprint density at radius 1 is 0.519 bits per heavy atom. The van der Waals surface area contributed by atoms with Gasteiger partial charge in [0.05, 0.1) is 325 Å². The van der Waals surface area contributed by atoms with Crippen molar-refractivity contribution in [2.75, 3.05) is 311 Å². The highest BCUT2D eigenvalue weighted by atomic mass is 32.1. The largest absolute Gasteiger partial charge is 0.463 e. The molecule has 4 N–H and O–H groups in total. The van der Waals surface area contributed by atoms with E-state index in [2.05, 4.69) is 10.3 Å². The minimum absolute atomic E-state index is 0.0103. The second-order valence-electron chi connectivity index (χ2n) is 24.5. The van der Waals surface area contributed by atoms with Crippen LogP contribution in [0.25, 0.3) is 10.4 Å². The summed E-state index contributed by atoms with van der Waals surface area (Å²) in [6.07, 6.45) is -1.41. The van der Waals surface area contributed by atoms with E-state index in [4.69, 9.17) is 115 Å². The van der Waals surface area contributed by atoms with Crippen LogP contribution in [0, 0.1) is 12.3 Å². The van der Waals surface area contributed by atoms with Crippen LogP contribution in [0.1, 0.15) is 57.3 Å². The van der Waals surface area contributed by atoms with Gasteiger partial charge in [0, 0.05) is 33.0 Å². The molecule has 1 aromatic carbocycles. The van der Waals surface area contributed by atoms with Gasteiger partial charge in [-0.15, -0.1) is 11.3 Å². The smallest absolute Gasteiger partial charge is 0.306 e. The second kappa shape index (κ2) is 67.6. The number of nitrogens with two attached hydrogens (primary N) is 1. The third kappa shape index (κ3) is 51.3. The number of aryl methyl sites for hydroxylation is 1. The van der Waals surface area contributed by atoms with Crippen LogP contribution >= 0.6 is 11.3 Å². The number of β-amino-alcohol motifs (C(OH)–C–C–N with tert-alkyl or cyclic N) is 1. The van der Waals surface area contributed by atoms with E-state index in [9.17, 15) is 24.3 Å². The highest BCUT2D eigenvalue weighted by Gasteiger charge is 2.44. The Hall–Kier alpha value is -4.23. The van der Waals surface area contributed by atoms with Gasteiger partial charge < -0.3 is 135 Å². The third-order valence-corrected chi connectivity index (χ3v) is 16.2. The predicted octanol–water partition coefficient (Wildman–Crippen LogP) is 2.35. The summed E-state index contributed by atoms with van der Waals surface area (Å²) in [7, 11) is 1.64. The second-order valence-corrected chi connectivity index (χ2v) is 25.4. The number of thiazole rings is 1. The third-order valence-electron chi connectivity index (χ3n) is 15.3. The summed E-state index contributed by atoms with van der Waals surface area (Å²) < 4.78 is 126. The molecule has 106 heavy (non-hydrogen) atoms. The SMILES string of the molecule is COCCOCCOCCOCCOCCOCCOCCOCCOCCOCCOCCOCCOCCOCCOCCOCCOCCOCCOCCOCCOCCOCCNC(=O)CCC(=O)OC[C@@H](c1ccc(-c2scnc2C)cc1)N(C=O)[C@@H]1C[C@@H](O)CN1C(=O)[C@@H](N)C(C)(C)C. The summed E-state index contributed by atoms with van der Waals surface area (Å²) >= 11 is 1.50. The topological polar surface area (TPSA) is 358 Å². The first kappa shape index (κ1) is 96.0. The molecule has 4 atom stereocenters. The number of rotatable bonds is 77. The molecule has 0 radical (unpaired) electrons. The lowest BCUT2D eigenvalue weighted by Gasteiger charge is -2.40. The van der Waals surface area contributed by atoms with Crippen molar-refractivity contribution in [3.63, 3.8) is 0 Å². The molecule has 0 spiro atoms. The number of carbonyl (C=O) groups excluding carboxylic acids is 4. The first-order valence-electron chi connectivity index (χ1n) is 36.9. The molecular weight excluding hydrogens is 1410 g/mol. The zero-order chi connectivity index (χ0) is 76.3. The molecule has 614 valence electrons. The molecule has 1 fully saturated rings. The lowest BCUT2D eigenvalue weighted by atomic mass is 9.86. The summed E-state index contributed by atoms with van der Waals surface area (Å²) in [4.78, 5) is 60.4. The van der Waals surface area contributed by atoms with Crippen molar-refractivity contribution in [3.8, 4) is 10.4 Å². The number of nitrogens with one attached hydrogen (secondary N) is 1. The van der Waals surface area contributed by atoms with Crippen molar-refractivity contribution in [1.82, 2.24) is 20.1 Å². The fourth-order valence-electron chi connectivity index (χ4n) is 9.46. The molecule has 0 aliphatic carbocycles. The summed E-state index contributed by atoms with van der Waals surface area (Å²) in [5, 5.41) is 13.5. The Bertz CT molecular complexity index is 2380. The normalized spacial score (nSPS) is 14.5. The highest BCUT2D eigenvalue weighted by Crippen LogP contribution is 2.34. The molecule has 0 unspecified atom stereocenters. The number of carbonyl (C=O) groups is 4. The first-order chi connectivity index (χ1) is 51.9. The van der Waals surface area contributed by atoms with Gasteiger partial charge >= 0.3 is 5.97 Å². The van der Waals surface area contributed by atoms with Gasteiger partial charge in [0.2, 0.25) is 18.2 Å². The molecule has 2 aromatic rings. The maximum absolute atomic E-state index is 13.7. The molecule has 1 aromatic heterocycles. The van der Waals surface area contributed by atoms with E-state index < -0.39 is 41.6 Å². The van der Waals surface area contributed by atoms with E-state index in [1.165, 1.54) is 21.1 Å². The lowest BCUT2D eigenvalue weighted by molar-refractivity contribution is -0.152. The quantitative estimate of drug-likeness (QED) is 0.0486. The average Bonchev–Trinajstić information content (AvgIpc) is 1.58. The van der Waals surface area contributed by atoms with Crippen LogP contribution in [-0.4, -0.2) is 373 Å². The van der Waals surface area contributed by atoms with Crippen LogP contribution in [0.15, 0.2) is 29.8 Å². The van der Waals surface area contributed by atoms with Crippen LogP contribution in [0.2, 0.25) is 0 Å². The summed E-state index contributed by atoms with van der Waals surface area (Å²) in [6.45, 7) is 27.3. The van der Waals surface area contributed by atoms with Crippen molar-refractivity contribution in [3.05, 3.63) is 41.0 Å². The molecule has 2 heterocycles. The van der Waals surface area contributed by atoms with Crippen molar-refractivity contribution in [2.45, 2.75) is 71.3 Å². The number of aliphatic hydroxyl groups is 1. The number of hydrogen-bond donors (Lipinski definition) is 3. The maximum Gasteiger partial charge on any atom is 0.306 e. The number of ether oxygens (including phenoxy) is 23. The van der Waals surface area contributed by atoms with Gasteiger partial charge in [0.25, 0.3) is 0 Å². The average molecular weight is 1540 g/mol. The monoisotopic (exact) mass is 1540 g/mol. The molecule has 3 amide bonds. The highest BCUT2D eigenvalue weighted by molar-refractivity contribution is 7.13. The zero-order valence-electron chi connectivity index (χ0n) is 63.7. The van der Waals surface area contributed by atoms with E-state index in [1.807, 2.05) is 52.0 Å². The molecule has 0 bridgehead atoms. The number of hydrogen-bond acceptors (Lipinski definition) is 31.